The average Bonchev–Trinajstić information content (AvgIpc) is 2.39. The van der Waals surface area contributed by atoms with Crippen LogP contribution in [0.4, 0.5) is 13.2 Å². The smallest absolute Gasteiger partial charge is 0.485 e. The van der Waals surface area contributed by atoms with Gasteiger partial charge in [0.25, 0.3) is 0 Å². The Morgan fingerprint density at radius 3 is 1.76 bits per heavy atom. The second-order valence-electron chi connectivity index (χ2n) is 3.65. The van der Waals surface area contributed by atoms with E-state index >= 15 is 0 Å². The fraction of sp³-hybridized carbons (Fsp3) is 0.500. The molecule has 0 heterocycles. The van der Waals surface area contributed by atoms with Crippen molar-refractivity contribution in [3.8, 4) is 5.75 Å². The molecule has 9 heteroatoms. The van der Waals surface area contributed by atoms with Crippen LogP contribution in [-0.2, 0) is 21.0 Å². The molecule has 21 heavy (non-hydrogen) atoms. The lowest BCUT2D eigenvalue weighted by Gasteiger charge is -2.08. The van der Waals surface area contributed by atoms with Gasteiger partial charge in [-0.2, -0.15) is 13.2 Å². The van der Waals surface area contributed by atoms with E-state index in [-0.39, 0.29) is 0 Å². The van der Waals surface area contributed by atoms with Gasteiger partial charge in [0, 0.05) is 10.9 Å². The lowest BCUT2D eigenvalue weighted by atomic mass is 10.3. The zero-order chi connectivity index (χ0) is 16.7. The molecule has 0 aliphatic carbocycles. The van der Waals surface area contributed by atoms with Crippen LogP contribution < -0.4 is 4.74 Å². The summed E-state index contributed by atoms with van der Waals surface area (Å²) in [6.07, 6.45) is 0. The first kappa shape index (κ1) is 20.1. The van der Waals surface area contributed by atoms with Crippen molar-refractivity contribution >= 4 is 21.0 Å². The molecule has 1 aromatic rings. The van der Waals surface area contributed by atoms with Gasteiger partial charge < -0.3 is 9.29 Å². The maximum absolute atomic E-state index is 10.7. The minimum atomic E-state index is -6.09. The summed E-state index contributed by atoms with van der Waals surface area (Å²) in [5.74, 6) is 3.42. The second kappa shape index (κ2) is 8.50. The van der Waals surface area contributed by atoms with Crippen molar-refractivity contribution in [3.05, 3.63) is 24.3 Å². The molecular weight excluding hydrogens is 329 g/mol. The van der Waals surface area contributed by atoms with Gasteiger partial charge in [-0.15, -0.1) is 0 Å². The maximum atomic E-state index is 10.7. The second-order valence-corrected chi connectivity index (χ2v) is 7.63. The SMILES string of the molecule is CC[S+](CC)c1ccc(OC)cc1.O=S(=O)([O-])C(F)(F)F. The highest BCUT2D eigenvalue weighted by Gasteiger charge is 2.36. The fourth-order valence-corrected chi connectivity index (χ4v) is 2.90. The molecule has 0 saturated carbocycles. The average molecular weight is 346 g/mol. The third-order valence-electron chi connectivity index (χ3n) is 2.37. The highest BCUT2D eigenvalue weighted by Crippen LogP contribution is 2.20. The molecule has 0 aliphatic heterocycles. The lowest BCUT2D eigenvalue weighted by Crippen LogP contribution is -2.21. The predicted molar refractivity (Wildman–Crippen MR) is 75.5 cm³/mol. The van der Waals surface area contributed by atoms with Crippen molar-refractivity contribution in [2.24, 2.45) is 0 Å². The first-order valence-corrected chi connectivity index (χ1v) is 8.87. The predicted octanol–water partition coefficient (Wildman–Crippen LogP) is 2.76. The fourth-order valence-electron chi connectivity index (χ4n) is 1.31. The molecule has 1 rings (SSSR count). The summed E-state index contributed by atoms with van der Waals surface area (Å²) in [6, 6.07) is 8.44. The molecule has 0 amide bonds. The van der Waals surface area contributed by atoms with E-state index in [4.69, 9.17) is 17.7 Å². The minimum absolute atomic E-state index is 0.432. The first-order chi connectivity index (χ1) is 9.56. The van der Waals surface area contributed by atoms with Crippen LogP contribution in [0.5, 0.6) is 5.75 Å². The summed E-state index contributed by atoms with van der Waals surface area (Å²) in [5.41, 5.74) is -5.65. The molecule has 0 fully saturated rings. The van der Waals surface area contributed by atoms with Crippen LogP contribution in [-0.4, -0.2) is 37.1 Å². The molecule has 0 N–H and O–H groups in total. The Morgan fingerprint density at radius 1 is 1.14 bits per heavy atom. The van der Waals surface area contributed by atoms with Crippen molar-refractivity contribution in [1.82, 2.24) is 0 Å². The number of rotatable bonds is 4. The Hall–Kier alpha value is -0.930. The molecule has 4 nitrogen and oxygen atoms in total. The third kappa shape index (κ3) is 7.05. The number of benzene rings is 1. The number of alkyl halides is 3. The van der Waals surface area contributed by atoms with Gasteiger partial charge in [-0.3, -0.25) is 0 Å². The molecule has 0 unspecified atom stereocenters. The van der Waals surface area contributed by atoms with Crippen LogP contribution in [0.2, 0.25) is 0 Å². The molecule has 0 aliphatic rings. The lowest BCUT2D eigenvalue weighted by molar-refractivity contribution is -0.0517. The molecular formula is C12H17F3O4S2. The molecule has 0 bridgehead atoms. The van der Waals surface area contributed by atoms with Crippen LogP contribution in [0.3, 0.4) is 0 Å². The molecule has 0 radical (unpaired) electrons. The highest BCUT2D eigenvalue weighted by molar-refractivity contribution is 7.96. The van der Waals surface area contributed by atoms with E-state index in [1.165, 1.54) is 16.4 Å². The third-order valence-corrected chi connectivity index (χ3v) is 5.27. The monoisotopic (exact) mass is 346 g/mol. The standard InChI is InChI=1S/C11H17OS.CHF3O3S/c1-4-13(5-2)11-8-6-10(12-3)7-9-11;2-1(3,4)8(5,6)7/h6-9H,4-5H2,1-3H3;(H,5,6,7)/q+1;/p-1. The Balaban J connectivity index is 0.000000433. The van der Waals surface area contributed by atoms with E-state index in [1.54, 1.807) is 7.11 Å². The Labute approximate surface area is 125 Å². The number of methoxy groups -OCH3 is 1. The minimum Gasteiger partial charge on any atom is -0.741 e. The van der Waals surface area contributed by atoms with Gasteiger partial charge in [-0.25, -0.2) is 8.42 Å². The van der Waals surface area contributed by atoms with E-state index in [2.05, 4.69) is 26.0 Å². The van der Waals surface area contributed by atoms with Gasteiger partial charge in [0.2, 0.25) is 0 Å². The molecule has 0 spiro atoms. The zero-order valence-electron chi connectivity index (χ0n) is 11.8. The summed E-state index contributed by atoms with van der Waals surface area (Å²) >= 11 is 0. The topological polar surface area (TPSA) is 66.4 Å². The molecule has 1 aromatic carbocycles. The zero-order valence-corrected chi connectivity index (χ0v) is 13.4. The van der Waals surface area contributed by atoms with Crippen LogP contribution in [0, 0.1) is 0 Å². The number of ether oxygens (including phenoxy) is 1. The summed E-state index contributed by atoms with van der Waals surface area (Å²) < 4.78 is 64.0. The largest absolute Gasteiger partial charge is 0.741 e. The van der Waals surface area contributed by atoms with E-state index in [9.17, 15) is 13.2 Å². The van der Waals surface area contributed by atoms with E-state index in [0.29, 0.717) is 10.9 Å². The Bertz CT molecular complexity index is 508. The van der Waals surface area contributed by atoms with E-state index in [1.807, 2.05) is 12.1 Å². The van der Waals surface area contributed by atoms with Crippen molar-refractivity contribution in [2.75, 3.05) is 18.6 Å². The van der Waals surface area contributed by atoms with E-state index in [0.717, 1.165) is 5.75 Å². The van der Waals surface area contributed by atoms with Crippen molar-refractivity contribution in [1.29, 1.82) is 0 Å². The van der Waals surface area contributed by atoms with Crippen LogP contribution in [0.15, 0.2) is 29.2 Å². The van der Waals surface area contributed by atoms with Gasteiger partial charge >= 0.3 is 5.51 Å². The van der Waals surface area contributed by atoms with Gasteiger partial charge in [0.05, 0.1) is 7.11 Å². The van der Waals surface area contributed by atoms with Crippen molar-refractivity contribution < 1.29 is 30.9 Å². The van der Waals surface area contributed by atoms with Gasteiger partial charge in [0.15, 0.2) is 15.0 Å². The van der Waals surface area contributed by atoms with Crippen LogP contribution in [0.25, 0.3) is 0 Å². The van der Waals surface area contributed by atoms with E-state index < -0.39 is 15.6 Å². The number of hydrogen-bond acceptors (Lipinski definition) is 4. The van der Waals surface area contributed by atoms with Gasteiger partial charge in [-0.05, 0) is 38.1 Å². The molecule has 122 valence electrons. The number of halogens is 3. The molecule has 0 aromatic heterocycles. The summed E-state index contributed by atoms with van der Waals surface area (Å²) in [5, 5.41) is 0. The normalized spacial score (nSPS) is 11.8. The van der Waals surface area contributed by atoms with Crippen LogP contribution in [0.1, 0.15) is 13.8 Å². The van der Waals surface area contributed by atoms with Gasteiger partial charge in [-0.1, -0.05) is 0 Å². The van der Waals surface area contributed by atoms with Crippen molar-refractivity contribution in [2.45, 2.75) is 24.3 Å². The van der Waals surface area contributed by atoms with Crippen LogP contribution >= 0.6 is 0 Å². The van der Waals surface area contributed by atoms with Gasteiger partial charge in [0.1, 0.15) is 17.3 Å². The summed E-state index contributed by atoms with van der Waals surface area (Å²) in [6.45, 7) is 4.49. The summed E-state index contributed by atoms with van der Waals surface area (Å²) in [7, 11) is -3.96. The quantitative estimate of drug-likeness (QED) is 0.478. The highest BCUT2D eigenvalue weighted by atomic mass is 32.2. The summed E-state index contributed by atoms with van der Waals surface area (Å²) in [4.78, 5) is 1.45. The van der Waals surface area contributed by atoms with Crippen molar-refractivity contribution in [3.63, 3.8) is 0 Å². The molecule has 0 atom stereocenters. The first-order valence-electron chi connectivity index (χ1n) is 5.90. The Kier molecular flexibility index (Phi) is 8.12. The Morgan fingerprint density at radius 2 is 1.52 bits per heavy atom. The maximum Gasteiger partial charge on any atom is 0.485 e. The number of hydrogen-bond donors (Lipinski definition) is 0. The molecule has 0 saturated heterocycles.